The first kappa shape index (κ1) is 34.8. The third kappa shape index (κ3) is 21.6. The highest BCUT2D eigenvalue weighted by Crippen LogP contribution is 2.29. The maximum absolute atomic E-state index is 11.5. The van der Waals surface area contributed by atoms with Crippen LogP contribution in [0.15, 0.2) is 0 Å². The van der Waals surface area contributed by atoms with E-state index in [9.17, 15) is 5.11 Å². The van der Waals surface area contributed by atoms with Crippen LogP contribution in [-0.2, 0) is 0 Å². The van der Waals surface area contributed by atoms with Gasteiger partial charge >= 0.3 is 0 Å². The van der Waals surface area contributed by atoms with Crippen LogP contribution < -0.4 is 0 Å². The number of aliphatic hydroxyl groups excluding tert-OH is 2. The van der Waals surface area contributed by atoms with Gasteiger partial charge in [-0.05, 0) is 79.2 Å². The zero-order valence-corrected chi connectivity index (χ0v) is 24.4. The summed E-state index contributed by atoms with van der Waals surface area (Å²) in [6.07, 6.45) is 24.4. The maximum atomic E-state index is 11.5. The molecule has 35 heavy (non-hydrogen) atoms. The molecular weight excluding hydrogens is 434 g/mol. The maximum Gasteiger partial charge on any atom is 0.0647 e. The van der Waals surface area contributed by atoms with Crippen LogP contribution in [0, 0.1) is 0 Å². The molecule has 0 rings (SSSR count). The van der Waals surface area contributed by atoms with Crippen LogP contribution in [-0.4, -0.2) is 57.7 Å². The molecule has 0 heterocycles. The van der Waals surface area contributed by atoms with Crippen molar-refractivity contribution in [2.24, 2.45) is 0 Å². The molecule has 0 aromatic heterocycles. The first-order chi connectivity index (χ1) is 16.9. The molecule has 0 spiro atoms. The fraction of sp³-hybridized carbons (Fsp3) is 1.00. The fourth-order valence-electron chi connectivity index (χ4n) is 5.49. The van der Waals surface area contributed by atoms with E-state index in [1.54, 1.807) is 0 Å². The topological polar surface area (TPSA) is 63.9 Å². The van der Waals surface area contributed by atoms with Crippen LogP contribution in [0.4, 0.5) is 0 Å². The molecule has 0 aromatic rings. The van der Waals surface area contributed by atoms with Gasteiger partial charge in [-0.15, -0.1) is 0 Å². The average Bonchev–Trinajstić information content (AvgIpc) is 2.81. The lowest BCUT2D eigenvalue weighted by atomic mass is 9.85. The van der Waals surface area contributed by atoms with E-state index in [2.05, 4.69) is 32.6 Å². The summed E-state index contributed by atoms with van der Waals surface area (Å²) in [5.41, 5.74) is -0.470. The zero-order chi connectivity index (χ0) is 26.2. The molecule has 0 saturated carbocycles. The van der Waals surface area contributed by atoms with Crippen molar-refractivity contribution in [2.45, 2.75) is 180 Å². The summed E-state index contributed by atoms with van der Waals surface area (Å²) >= 11 is 0. The minimum absolute atomic E-state index is 0.330. The van der Waals surface area contributed by atoms with Gasteiger partial charge in [0.15, 0.2) is 0 Å². The summed E-state index contributed by atoms with van der Waals surface area (Å²) in [5, 5.41) is 29.3. The SMILES string of the molecule is CC(C)N(CCCCC(O)(CCCCCCCCCCO)CCCCCCCCCCO)C(C)C. The molecule has 4 heteroatoms. The average molecular weight is 500 g/mol. The molecule has 0 unspecified atom stereocenters. The van der Waals surface area contributed by atoms with Gasteiger partial charge < -0.3 is 15.3 Å². The Labute approximate surface area is 220 Å². The van der Waals surface area contributed by atoms with Crippen LogP contribution in [0.1, 0.15) is 163 Å². The molecule has 0 aliphatic heterocycles. The van der Waals surface area contributed by atoms with E-state index in [1.807, 2.05) is 0 Å². The summed E-state index contributed by atoms with van der Waals surface area (Å²) in [6.45, 7) is 10.9. The lowest BCUT2D eigenvalue weighted by molar-refractivity contribution is 0.00622. The zero-order valence-electron chi connectivity index (χ0n) is 24.4. The molecule has 0 aromatic carbocycles. The monoisotopic (exact) mass is 499 g/mol. The normalized spacial score (nSPS) is 12.5. The Morgan fingerprint density at radius 3 is 1.06 bits per heavy atom. The van der Waals surface area contributed by atoms with Crippen molar-refractivity contribution < 1.29 is 15.3 Å². The van der Waals surface area contributed by atoms with Crippen molar-refractivity contribution in [2.75, 3.05) is 19.8 Å². The molecule has 212 valence electrons. The molecule has 0 saturated heterocycles. The van der Waals surface area contributed by atoms with E-state index in [-0.39, 0.29) is 0 Å². The van der Waals surface area contributed by atoms with Crippen molar-refractivity contribution >= 4 is 0 Å². The summed E-state index contributed by atoms with van der Waals surface area (Å²) in [5.74, 6) is 0. The van der Waals surface area contributed by atoms with Gasteiger partial charge in [-0.2, -0.15) is 0 Å². The van der Waals surface area contributed by atoms with Gasteiger partial charge in [-0.25, -0.2) is 0 Å². The molecule has 0 fully saturated rings. The second kappa shape index (κ2) is 24.2. The van der Waals surface area contributed by atoms with E-state index >= 15 is 0 Å². The quantitative estimate of drug-likeness (QED) is 0.100. The predicted octanol–water partition coefficient (Wildman–Crippen LogP) is 8.01. The Morgan fingerprint density at radius 2 is 0.743 bits per heavy atom. The summed E-state index contributed by atoms with van der Waals surface area (Å²) in [6, 6.07) is 1.17. The molecule has 0 radical (unpaired) electrons. The summed E-state index contributed by atoms with van der Waals surface area (Å²) in [7, 11) is 0. The van der Waals surface area contributed by atoms with Gasteiger partial charge in [0.25, 0.3) is 0 Å². The number of rotatable bonds is 27. The molecule has 0 amide bonds. The highest BCUT2D eigenvalue weighted by molar-refractivity contribution is 4.79. The Kier molecular flexibility index (Phi) is 24.1. The first-order valence-electron chi connectivity index (χ1n) is 15.6. The first-order valence-corrected chi connectivity index (χ1v) is 15.6. The highest BCUT2D eigenvalue weighted by Gasteiger charge is 2.25. The molecular formula is C31H65NO3. The molecule has 0 aliphatic carbocycles. The smallest absolute Gasteiger partial charge is 0.0647 e. The summed E-state index contributed by atoms with van der Waals surface area (Å²) < 4.78 is 0. The fourth-order valence-corrected chi connectivity index (χ4v) is 5.49. The van der Waals surface area contributed by atoms with Crippen LogP contribution >= 0.6 is 0 Å². The number of aliphatic hydroxyl groups is 3. The van der Waals surface area contributed by atoms with E-state index in [0.29, 0.717) is 25.3 Å². The largest absolute Gasteiger partial charge is 0.396 e. The van der Waals surface area contributed by atoms with Crippen molar-refractivity contribution in [1.29, 1.82) is 0 Å². The minimum Gasteiger partial charge on any atom is -0.396 e. The molecule has 0 bridgehead atoms. The Bertz CT molecular complexity index is 397. The van der Waals surface area contributed by atoms with Gasteiger partial charge in [0, 0.05) is 25.3 Å². The lowest BCUT2D eigenvalue weighted by Gasteiger charge is -2.32. The third-order valence-electron chi connectivity index (χ3n) is 7.74. The Hall–Kier alpha value is -0.160. The van der Waals surface area contributed by atoms with Crippen LogP contribution in [0.5, 0.6) is 0 Å². The second-order valence-corrected chi connectivity index (χ2v) is 11.7. The van der Waals surface area contributed by atoms with E-state index in [0.717, 1.165) is 70.8 Å². The minimum atomic E-state index is -0.470. The summed E-state index contributed by atoms with van der Waals surface area (Å²) in [4.78, 5) is 2.57. The van der Waals surface area contributed by atoms with Gasteiger partial charge in [0.2, 0.25) is 0 Å². The van der Waals surface area contributed by atoms with Crippen molar-refractivity contribution in [3.63, 3.8) is 0 Å². The molecule has 4 nitrogen and oxygen atoms in total. The van der Waals surface area contributed by atoms with Crippen molar-refractivity contribution in [1.82, 2.24) is 4.90 Å². The van der Waals surface area contributed by atoms with Gasteiger partial charge in [0.05, 0.1) is 5.60 Å². The van der Waals surface area contributed by atoms with E-state index < -0.39 is 5.60 Å². The highest BCUT2D eigenvalue weighted by atomic mass is 16.3. The van der Waals surface area contributed by atoms with Crippen LogP contribution in [0.2, 0.25) is 0 Å². The number of hydrogen-bond acceptors (Lipinski definition) is 4. The van der Waals surface area contributed by atoms with Crippen LogP contribution in [0.25, 0.3) is 0 Å². The van der Waals surface area contributed by atoms with Crippen molar-refractivity contribution in [3.8, 4) is 0 Å². The van der Waals surface area contributed by atoms with E-state index in [1.165, 1.54) is 70.6 Å². The molecule has 0 aliphatic rings. The second-order valence-electron chi connectivity index (χ2n) is 11.7. The van der Waals surface area contributed by atoms with Crippen LogP contribution in [0.3, 0.4) is 0 Å². The molecule has 0 atom stereocenters. The van der Waals surface area contributed by atoms with Crippen molar-refractivity contribution in [3.05, 3.63) is 0 Å². The number of hydrogen-bond donors (Lipinski definition) is 3. The number of nitrogens with zero attached hydrogens (tertiary/aromatic N) is 1. The Morgan fingerprint density at radius 1 is 0.457 bits per heavy atom. The third-order valence-corrected chi connectivity index (χ3v) is 7.74. The number of unbranched alkanes of at least 4 members (excludes halogenated alkanes) is 15. The lowest BCUT2D eigenvalue weighted by Crippen LogP contribution is -2.38. The Balaban J connectivity index is 4.29. The molecule has 3 N–H and O–H groups in total. The standard InChI is InChI=1S/C31H65NO3/c1-29(2)32(30(3)4)26-20-19-25-31(35,23-17-13-9-5-7-11-15-21-27-33)24-18-14-10-6-8-12-16-22-28-34/h29-30,33-35H,5-28H2,1-4H3. The van der Waals surface area contributed by atoms with E-state index in [4.69, 9.17) is 10.2 Å². The van der Waals surface area contributed by atoms with Gasteiger partial charge in [0.1, 0.15) is 0 Å². The predicted molar refractivity (Wildman–Crippen MR) is 153 cm³/mol. The van der Waals surface area contributed by atoms with Gasteiger partial charge in [-0.3, -0.25) is 4.90 Å². The van der Waals surface area contributed by atoms with Gasteiger partial charge in [-0.1, -0.05) is 89.9 Å².